The van der Waals surface area contributed by atoms with Crippen molar-refractivity contribution in [3.8, 4) is 44.9 Å². The molecule has 64 heavy (non-hydrogen) atoms. The smallest absolute Gasteiger partial charge is 0.119 e. The molecule has 2 heteroatoms. The first kappa shape index (κ1) is 45.0. The van der Waals surface area contributed by atoms with Gasteiger partial charge in [0.25, 0.3) is 0 Å². The highest BCUT2D eigenvalue weighted by Gasteiger charge is 2.47. The van der Waals surface area contributed by atoms with Gasteiger partial charge in [0.15, 0.2) is 0 Å². The summed E-state index contributed by atoms with van der Waals surface area (Å²) in [6.45, 7) is 17.8. The molecule has 0 spiro atoms. The van der Waals surface area contributed by atoms with Gasteiger partial charge < -0.3 is 9.47 Å². The van der Waals surface area contributed by atoms with Crippen molar-refractivity contribution in [1.29, 1.82) is 0 Å². The van der Waals surface area contributed by atoms with E-state index >= 15 is 0 Å². The van der Waals surface area contributed by atoms with E-state index in [9.17, 15) is 0 Å². The van der Waals surface area contributed by atoms with Crippen LogP contribution in [-0.2, 0) is 10.8 Å². The van der Waals surface area contributed by atoms with Crippen LogP contribution in [0, 0.1) is 13.8 Å². The van der Waals surface area contributed by atoms with Crippen LogP contribution in [0.2, 0.25) is 0 Å². The molecule has 0 saturated heterocycles. The van der Waals surface area contributed by atoms with Gasteiger partial charge in [0, 0.05) is 5.41 Å². The van der Waals surface area contributed by atoms with Gasteiger partial charge in [-0.1, -0.05) is 212 Å². The minimum atomic E-state index is -0.579. The Morgan fingerprint density at radius 1 is 0.422 bits per heavy atom. The maximum absolute atomic E-state index is 6.03. The van der Waals surface area contributed by atoms with E-state index in [1.807, 2.05) is 0 Å². The molecule has 0 aromatic heterocycles. The molecule has 6 aromatic carbocycles. The maximum Gasteiger partial charge on any atom is 0.119 e. The molecular formula is C62H70O2. The molecule has 0 amide bonds. The van der Waals surface area contributed by atoms with Crippen molar-refractivity contribution in [2.75, 3.05) is 13.2 Å². The normalized spacial score (nSPS) is 13.8. The molecule has 6 aromatic rings. The monoisotopic (exact) mass is 847 g/mol. The van der Waals surface area contributed by atoms with Crippen LogP contribution in [0.5, 0.6) is 11.5 Å². The fraction of sp³-hybridized carbons (Fsp3) is 0.355. The Bertz CT molecular complexity index is 2470. The average Bonchev–Trinajstić information content (AvgIpc) is 3.75. The highest BCUT2D eigenvalue weighted by molar-refractivity contribution is 5.90. The third-order valence-corrected chi connectivity index (χ3v) is 14.4. The van der Waals surface area contributed by atoms with Gasteiger partial charge in [-0.2, -0.15) is 0 Å². The topological polar surface area (TPSA) is 18.5 Å². The quantitative estimate of drug-likeness (QED) is 0.0472. The lowest BCUT2D eigenvalue weighted by Crippen LogP contribution is -2.28. The summed E-state index contributed by atoms with van der Waals surface area (Å²) in [7, 11) is 0. The lowest BCUT2D eigenvalue weighted by molar-refractivity contribution is 0.363. The molecule has 0 radical (unpaired) electrons. The molecule has 330 valence electrons. The summed E-state index contributed by atoms with van der Waals surface area (Å²) < 4.78 is 12.1. The van der Waals surface area contributed by atoms with Gasteiger partial charge in [0.05, 0.1) is 5.41 Å². The predicted molar refractivity (Wildman–Crippen MR) is 272 cm³/mol. The van der Waals surface area contributed by atoms with Crippen LogP contribution in [0.4, 0.5) is 0 Å². The SMILES string of the molecule is C=CCOc1ccc(C2(c3ccc(OCC=C)cc3)c3cc(C)ccc3-c3ccc(-c4ccc5c(c4)C(CCCCCCCC)(CCCCCCCC)c4cc(C)ccc4-5)cc32)cc1. The van der Waals surface area contributed by atoms with E-state index in [1.54, 1.807) is 23.3 Å². The molecule has 0 fully saturated rings. The molecule has 0 bridgehead atoms. The number of benzene rings is 6. The molecule has 0 aliphatic heterocycles. The first-order valence-corrected chi connectivity index (χ1v) is 24.6. The van der Waals surface area contributed by atoms with Crippen LogP contribution in [0.15, 0.2) is 147 Å². The number of aryl methyl sites for hydroxylation is 2. The number of fused-ring (bicyclic) bond motifs is 6. The number of hydrogen-bond acceptors (Lipinski definition) is 2. The lowest BCUT2D eigenvalue weighted by atomic mass is 9.67. The number of rotatable bonds is 23. The van der Waals surface area contributed by atoms with Crippen molar-refractivity contribution < 1.29 is 9.47 Å². The van der Waals surface area contributed by atoms with Crippen LogP contribution in [0.3, 0.4) is 0 Å². The molecule has 2 aliphatic rings. The van der Waals surface area contributed by atoms with Crippen molar-refractivity contribution in [1.82, 2.24) is 0 Å². The van der Waals surface area contributed by atoms with Crippen LogP contribution in [0.1, 0.15) is 148 Å². The van der Waals surface area contributed by atoms with E-state index in [2.05, 4.69) is 162 Å². The molecule has 0 saturated carbocycles. The van der Waals surface area contributed by atoms with Crippen molar-refractivity contribution in [2.24, 2.45) is 0 Å². The van der Waals surface area contributed by atoms with Gasteiger partial charge in [0.1, 0.15) is 24.7 Å². The Balaban J connectivity index is 1.28. The number of unbranched alkanes of at least 4 members (excludes halogenated alkanes) is 10. The molecular weight excluding hydrogens is 777 g/mol. The zero-order valence-corrected chi connectivity index (χ0v) is 39.2. The third kappa shape index (κ3) is 8.78. The number of hydrogen-bond donors (Lipinski definition) is 0. The highest BCUT2D eigenvalue weighted by atomic mass is 16.5. The fourth-order valence-electron chi connectivity index (χ4n) is 11.2. The second kappa shape index (κ2) is 20.5. The van der Waals surface area contributed by atoms with Crippen molar-refractivity contribution in [2.45, 2.75) is 128 Å². The van der Waals surface area contributed by atoms with Crippen molar-refractivity contribution >= 4 is 0 Å². The van der Waals surface area contributed by atoms with Gasteiger partial charge in [0.2, 0.25) is 0 Å². The zero-order valence-electron chi connectivity index (χ0n) is 39.2. The predicted octanol–water partition coefficient (Wildman–Crippen LogP) is 17.2. The Morgan fingerprint density at radius 2 is 0.797 bits per heavy atom. The van der Waals surface area contributed by atoms with E-state index in [1.165, 1.54) is 157 Å². The van der Waals surface area contributed by atoms with E-state index < -0.39 is 5.41 Å². The summed E-state index contributed by atoms with van der Waals surface area (Å²) in [6, 6.07) is 46.6. The van der Waals surface area contributed by atoms with Gasteiger partial charge in [-0.05, 0) is 130 Å². The molecule has 2 aliphatic carbocycles. The molecule has 8 rings (SSSR count). The lowest BCUT2D eigenvalue weighted by Gasteiger charge is -2.34. The van der Waals surface area contributed by atoms with Crippen LogP contribution < -0.4 is 9.47 Å². The summed E-state index contributed by atoms with van der Waals surface area (Å²) in [4.78, 5) is 0. The summed E-state index contributed by atoms with van der Waals surface area (Å²) in [6.07, 6.45) is 21.8. The van der Waals surface area contributed by atoms with Crippen LogP contribution in [-0.4, -0.2) is 13.2 Å². The molecule has 0 atom stereocenters. The maximum atomic E-state index is 6.03. The second-order valence-electron chi connectivity index (χ2n) is 18.7. The summed E-state index contributed by atoms with van der Waals surface area (Å²) >= 11 is 0. The summed E-state index contributed by atoms with van der Waals surface area (Å²) in [5, 5.41) is 0. The summed E-state index contributed by atoms with van der Waals surface area (Å²) in [5.74, 6) is 1.67. The van der Waals surface area contributed by atoms with E-state index in [4.69, 9.17) is 9.47 Å². The van der Waals surface area contributed by atoms with Gasteiger partial charge in [-0.25, -0.2) is 0 Å². The molecule has 2 nitrogen and oxygen atoms in total. The third-order valence-electron chi connectivity index (χ3n) is 14.4. The van der Waals surface area contributed by atoms with Crippen molar-refractivity contribution in [3.05, 3.63) is 191 Å². The van der Waals surface area contributed by atoms with Crippen molar-refractivity contribution in [3.63, 3.8) is 0 Å². The minimum absolute atomic E-state index is 0.0152. The molecule has 0 heterocycles. The number of ether oxygens (including phenoxy) is 2. The van der Waals surface area contributed by atoms with Crippen LogP contribution in [0.25, 0.3) is 33.4 Å². The van der Waals surface area contributed by atoms with Crippen LogP contribution >= 0.6 is 0 Å². The standard InChI is InChI=1S/C62H70O2/c1-7-11-13-15-17-19-37-61(38-20-18-16-14-12-8-2)57-41-45(5)21-33-53(57)54-35-23-47(43-58(54)61)48-24-36-56-55-34-22-46(6)42-59(55)62(60(56)44-48,49-25-29-51(30-26-49)63-39-9-3)50-27-31-52(32-28-50)64-40-10-4/h9-10,21-36,41-44H,3-4,7-8,11-20,37-40H2,1-2,5-6H3. The first-order chi connectivity index (χ1) is 31.4. The molecule has 0 N–H and O–H groups in total. The fourth-order valence-corrected chi connectivity index (χ4v) is 11.2. The van der Waals surface area contributed by atoms with E-state index in [0.29, 0.717) is 13.2 Å². The second-order valence-corrected chi connectivity index (χ2v) is 18.7. The Labute approximate surface area is 385 Å². The molecule has 0 unspecified atom stereocenters. The minimum Gasteiger partial charge on any atom is -0.490 e. The zero-order chi connectivity index (χ0) is 44.5. The highest BCUT2D eigenvalue weighted by Crippen LogP contribution is 2.59. The van der Waals surface area contributed by atoms with E-state index in [0.717, 1.165) is 11.5 Å². The van der Waals surface area contributed by atoms with Gasteiger partial charge in [-0.3, -0.25) is 0 Å². The summed E-state index contributed by atoms with van der Waals surface area (Å²) in [5.41, 5.74) is 18.2. The Morgan fingerprint density at radius 3 is 1.27 bits per heavy atom. The Hall–Kier alpha value is -5.60. The largest absolute Gasteiger partial charge is 0.490 e. The van der Waals surface area contributed by atoms with E-state index in [-0.39, 0.29) is 5.41 Å². The van der Waals surface area contributed by atoms with Gasteiger partial charge in [-0.15, -0.1) is 0 Å². The first-order valence-electron chi connectivity index (χ1n) is 24.6. The van der Waals surface area contributed by atoms with Gasteiger partial charge >= 0.3 is 0 Å². The Kier molecular flexibility index (Phi) is 14.4. The average molecular weight is 847 g/mol.